The number of nitrogens with zero attached hydrogens (tertiary/aromatic N) is 4. The maximum absolute atomic E-state index is 6.91. The molecule has 0 spiro atoms. The molecule has 10 aromatic carbocycles. The van der Waals surface area contributed by atoms with Crippen molar-refractivity contribution in [2.24, 2.45) is 0 Å². The summed E-state index contributed by atoms with van der Waals surface area (Å²) in [4.78, 5) is 10.2. The summed E-state index contributed by atoms with van der Waals surface area (Å²) in [5.41, 5.74) is 23.5. The summed E-state index contributed by atoms with van der Waals surface area (Å²) in [6.45, 7) is 6.60. The van der Waals surface area contributed by atoms with Crippen LogP contribution in [0.4, 0.5) is 45.5 Å². The van der Waals surface area contributed by atoms with E-state index in [1.807, 2.05) is 6.07 Å². The van der Waals surface area contributed by atoms with Crippen LogP contribution < -0.4 is 24.3 Å². The Balaban J connectivity index is 1.23. The quantitative estimate of drug-likeness (QED) is 0.160. The predicted molar refractivity (Wildman–Crippen MR) is 307 cm³/mol. The summed E-state index contributed by atoms with van der Waals surface area (Å²) in [5, 5.41) is 0. The van der Waals surface area contributed by atoms with Crippen molar-refractivity contribution in [3.05, 3.63) is 252 Å². The fourth-order valence-corrected chi connectivity index (χ4v) is 14.7. The molecule has 0 unspecified atom stereocenters. The van der Waals surface area contributed by atoms with Crippen molar-refractivity contribution in [3.63, 3.8) is 0 Å². The van der Waals surface area contributed by atoms with Gasteiger partial charge in [-0.2, -0.15) is 0 Å². The molecule has 0 N–H and O–H groups in total. The number of anilines is 8. The third kappa shape index (κ3) is 7.55. The zero-order chi connectivity index (χ0) is 50.3. The number of benzene rings is 10. The summed E-state index contributed by atoms with van der Waals surface area (Å²) < 4.78 is 9.21. The number of para-hydroxylation sites is 4. The molecule has 358 valence electrons. The van der Waals surface area contributed by atoms with Crippen LogP contribution in [0, 0.1) is 45.0 Å². The van der Waals surface area contributed by atoms with Crippen molar-refractivity contribution in [2.45, 2.75) is 20.8 Å². The van der Waals surface area contributed by atoms with E-state index in [0.29, 0.717) is 0 Å². The van der Waals surface area contributed by atoms with Crippen LogP contribution >= 0.6 is 0 Å². The Morgan fingerprint density at radius 1 is 0.387 bits per heavy atom. The molecular weight excluding hydrogens is 1100 g/mol. The van der Waals surface area contributed by atoms with Crippen molar-refractivity contribution in [1.82, 2.24) is 0 Å². The van der Waals surface area contributed by atoms with Crippen LogP contribution in [0.1, 0.15) is 33.4 Å². The van der Waals surface area contributed by atoms with Gasteiger partial charge in [0.05, 0.1) is 0 Å². The average molecular weight is 1140 g/mol. The fraction of sp³-hybridized carbons (Fsp3) is 0.0435. The Morgan fingerprint density at radius 3 is 1.27 bits per heavy atom. The van der Waals surface area contributed by atoms with Crippen molar-refractivity contribution in [1.29, 1.82) is 0 Å². The predicted octanol–water partition coefficient (Wildman–Crippen LogP) is 16.6. The van der Waals surface area contributed by atoms with Gasteiger partial charge in [0.25, 0.3) is 0 Å². The first kappa shape index (κ1) is 44.4. The number of terminal acetylenes is 1. The summed E-state index contributed by atoms with van der Waals surface area (Å²) in [5.74, 6) is 11.7. The van der Waals surface area contributed by atoms with E-state index in [-0.39, 0.29) is 0 Å². The second kappa shape index (κ2) is 17.8. The van der Waals surface area contributed by atoms with Crippen LogP contribution in [-0.2, 0) is 17.6 Å². The monoisotopic (exact) mass is 1140 g/mol. The average Bonchev–Trinajstić information content (AvgIpc) is 4.04. The molecule has 10 aromatic rings. The third-order valence-electron chi connectivity index (χ3n) is 14.3. The van der Waals surface area contributed by atoms with Gasteiger partial charge in [0.15, 0.2) is 0 Å². The van der Waals surface area contributed by atoms with E-state index in [9.17, 15) is 0 Å². The number of aryl methyl sites for hydroxylation is 3. The van der Waals surface area contributed by atoms with E-state index < -0.39 is 17.6 Å². The molecule has 0 radical (unpaired) electrons. The van der Waals surface area contributed by atoms with Crippen molar-refractivity contribution in [3.8, 4) is 80.2 Å². The van der Waals surface area contributed by atoms with Gasteiger partial charge in [-0.05, 0) is 0 Å². The van der Waals surface area contributed by atoms with Crippen LogP contribution in [0.25, 0.3) is 44.5 Å². The molecule has 0 fully saturated rings. The van der Waals surface area contributed by atoms with Crippen LogP contribution in [0.3, 0.4) is 0 Å². The van der Waals surface area contributed by atoms with Crippen molar-refractivity contribution < 1.29 is 22.4 Å². The molecule has 0 aliphatic carbocycles. The Bertz CT molecular complexity index is 4260. The maximum atomic E-state index is 6.91. The van der Waals surface area contributed by atoms with E-state index >= 15 is 0 Å². The Kier molecular flexibility index (Phi) is 10.5. The number of fused-ring (bicyclic) bond motifs is 22. The Morgan fingerprint density at radius 2 is 0.800 bits per heavy atom. The SMILES string of the molecule is C#Cc1cccc(-c2cc(C)cc3c2N2[C]4=[Pt]=[C]5N(c6cccc(c6)Oc6cccc(c6)N4c4ccccc42)c2ccccc2N5c2c(-c4cccc(C)c4)cc(C)cc2-c2cccc(c2)C#Cc2cccc-3c2)c1. The van der Waals surface area contributed by atoms with Gasteiger partial charge in [-0.25, -0.2) is 0 Å². The summed E-state index contributed by atoms with van der Waals surface area (Å²) in [7, 11) is 0. The van der Waals surface area contributed by atoms with Crippen LogP contribution in [0.2, 0.25) is 0 Å². The van der Waals surface area contributed by atoms with E-state index in [2.05, 4.69) is 270 Å². The Labute approximate surface area is 445 Å². The van der Waals surface area contributed by atoms with Crippen molar-refractivity contribution >= 4 is 53.8 Å². The third-order valence-corrected chi connectivity index (χ3v) is 17.3. The number of rotatable bonds is 2. The van der Waals surface area contributed by atoms with Crippen molar-refractivity contribution in [2.75, 3.05) is 19.6 Å². The number of hydrogen-bond donors (Lipinski definition) is 0. The van der Waals surface area contributed by atoms with E-state index in [0.717, 1.165) is 132 Å². The minimum atomic E-state index is -1.28. The molecule has 4 heterocycles. The zero-order valence-corrected chi connectivity index (χ0v) is 43.6. The minimum absolute atomic E-state index is 0.757. The zero-order valence-electron chi connectivity index (χ0n) is 41.4. The molecule has 10 bridgehead atoms. The summed E-state index contributed by atoms with van der Waals surface area (Å²) in [6, 6.07) is 79.3. The normalized spacial score (nSPS) is 13.5. The Hall–Kier alpha value is -9.25. The van der Waals surface area contributed by atoms with Gasteiger partial charge in [0.2, 0.25) is 0 Å². The first-order valence-corrected chi connectivity index (χ1v) is 27.4. The molecule has 0 saturated heterocycles. The molecule has 5 nitrogen and oxygen atoms in total. The number of ether oxygens (including phenoxy) is 1. The van der Waals surface area contributed by atoms with E-state index in [1.165, 1.54) is 11.1 Å². The molecule has 4 aliphatic heterocycles. The van der Waals surface area contributed by atoms with Gasteiger partial charge in [-0.15, -0.1) is 0 Å². The first-order valence-electron chi connectivity index (χ1n) is 25.1. The second-order valence-corrected chi connectivity index (χ2v) is 22.0. The summed E-state index contributed by atoms with van der Waals surface area (Å²) >= 11 is -1.28. The molecule has 75 heavy (non-hydrogen) atoms. The topological polar surface area (TPSA) is 22.2 Å². The van der Waals surface area contributed by atoms with Gasteiger partial charge in [0, 0.05) is 0 Å². The molecule has 0 aromatic heterocycles. The van der Waals surface area contributed by atoms with Gasteiger partial charge in [-0.3, -0.25) is 0 Å². The molecule has 0 saturated carbocycles. The molecule has 6 heteroatoms. The van der Waals surface area contributed by atoms with Gasteiger partial charge in [-0.1, -0.05) is 0 Å². The molecule has 0 atom stereocenters. The molecule has 14 rings (SSSR count). The fourth-order valence-electron chi connectivity index (χ4n) is 11.0. The standard InChI is InChI=1S/C69H46N4O.Pt/c1-5-49-17-11-21-53(39-49)61-36-48(4)38-63-55-23-13-19-51(41-55)33-32-50-18-12-22-54(40-50)62-37-47(3)35-60(52-20-10-16-46(2)34-52)68(62)72-44-70(64-28-6-8-30-66(64)72)56-24-14-26-58(42-56)74-59-27-15-25-57(43-59)71-45-73(69(61)63)67-31-9-7-29-65(67)71;/h1,6-31,34-43H,2-4H3;. The van der Waals surface area contributed by atoms with Gasteiger partial charge >= 0.3 is 449 Å². The van der Waals surface area contributed by atoms with Crippen LogP contribution in [0.5, 0.6) is 11.5 Å². The summed E-state index contributed by atoms with van der Waals surface area (Å²) in [6.07, 6.45) is 6.20. The molecule has 0 amide bonds. The van der Waals surface area contributed by atoms with Crippen LogP contribution in [0.15, 0.2) is 218 Å². The first-order chi connectivity index (χ1) is 36.8. The van der Waals surface area contributed by atoms with E-state index in [1.54, 1.807) is 0 Å². The molecule has 4 aliphatic rings. The van der Waals surface area contributed by atoms with E-state index in [4.69, 9.17) is 11.2 Å². The number of hydrogen-bond acceptors (Lipinski definition) is 5. The second-order valence-electron chi connectivity index (χ2n) is 19.4. The van der Waals surface area contributed by atoms with Gasteiger partial charge in [0.1, 0.15) is 0 Å². The van der Waals surface area contributed by atoms with Gasteiger partial charge < -0.3 is 0 Å². The molecular formula is C69H46N4OPt. The van der Waals surface area contributed by atoms with Crippen LogP contribution in [-0.4, -0.2) is 8.29 Å².